The van der Waals surface area contributed by atoms with Crippen molar-refractivity contribution >= 4 is 34.9 Å². The summed E-state index contributed by atoms with van der Waals surface area (Å²) in [6.07, 6.45) is 1.36. The number of rotatable bonds is 6. The monoisotopic (exact) mass is 307 g/mol. The minimum absolute atomic E-state index is 0.135. The maximum Gasteiger partial charge on any atom is 0.328 e. The lowest BCUT2D eigenvalue weighted by atomic mass is 10.1. The molecule has 0 amide bonds. The van der Waals surface area contributed by atoms with Crippen molar-refractivity contribution in [2.45, 2.75) is 32.7 Å². The molecule has 6 heteroatoms. The van der Waals surface area contributed by atoms with Gasteiger partial charge in [0.25, 0.3) is 0 Å². The maximum absolute atomic E-state index is 13.1. The van der Waals surface area contributed by atoms with Crippen LogP contribution in [0.4, 0.5) is 10.1 Å². The van der Waals surface area contributed by atoms with E-state index in [-0.39, 0.29) is 16.0 Å². The molecule has 1 N–H and O–H groups in total. The minimum Gasteiger partial charge on any atom is -0.464 e. The second-order valence-corrected chi connectivity index (χ2v) is 4.80. The van der Waals surface area contributed by atoms with Crippen LogP contribution in [0.25, 0.3) is 0 Å². The third-order valence-corrected chi connectivity index (χ3v) is 3.07. The molecular weight excluding hydrogens is 292 g/mol. The highest BCUT2D eigenvalue weighted by atomic mass is 35.5. The van der Waals surface area contributed by atoms with Gasteiger partial charge >= 0.3 is 5.97 Å². The Labute approximate surface area is 122 Å². The fraction of sp³-hybridized carbons (Fsp3) is 0.462. The zero-order chi connectivity index (χ0) is 14.4. The fourth-order valence-electron chi connectivity index (χ4n) is 1.63. The first-order chi connectivity index (χ1) is 8.99. The van der Waals surface area contributed by atoms with Gasteiger partial charge in [-0.25, -0.2) is 9.18 Å². The van der Waals surface area contributed by atoms with Gasteiger partial charge in [0.1, 0.15) is 11.9 Å². The Bertz CT molecular complexity index is 431. The van der Waals surface area contributed by atoms with Gasteiger partial charge in [0.05, 0.1) is 22.3 Å². The molecule has 0 radical (unpaired) electrons. The van der Waals surface area contributed by atoms with E-state index in [4.69, 9.17) is 27.9 Å². The summed E-state index contributed by atoms with van der Waals surface area (Å²) in [5.41, 5.74) is 0.344. The number of carbonyl (C=O) groups excluding carboxylic acids is 1. The van der Waals surface area contributed by atoms with Crippen molar-refractivity contribution in [3.05, 3.63) is 28.0 Å². The lowest BCUT2D eigenvalue weighted by molar-refractivity contribution is -0.144. The van der Waals surface area contributed by atoms with E-state index in [0.717, 1.165) is 18.6 Å². The van der Waals surface area contributed by atoms with Gasteiger partial charge in [-0.05, 0) is 25.5 Å². The normalized spacial score (nSPS) is 12.1. The van der Waals surface area contributed by atoms with E-state index >= 15 is 0 Å². The first kappa shape index (κ1) is 16.1. The van der Waals surface area contributed by atoms with Crippen LogP contribution in [0.3, 0.4) is 0 Å². The van der Waals surface area contributed by atoms with Crippen molar-refractivity contribution in [3.63, 3.8) is 0 Å². The fourth-order valence-corrected chi connectivity index (χ4v) is 2.20. The summed E-state index contributed by atoms with van der Waals surface area (Å²) in [5, 5.41) is 3.19. The van der Waals surface area contributed by atoms with Crippen molar-refractivity contribution < 1.29 is 13.9 Å². The zero-order valence-corrected chi connectivity index (χ0v) is 12.3. The van der Waals surface area contributed by atoms with E-state index in [1.54, 1.807) is 6.92 Å². The molecule has 0 fully saturated rings. The highest BCUT2D eigenvalue weighted by molar-refractivity contribution is 6.39. The molecule has 0 saturated heterocycles. The van der Waals surface area contributed by atoms with Crippen molar-refractivity contribution in [3.8, 4) is 0 Å². The Balaban J connectivity index is 2.93. The zero-order valence-electron chi connectivity index (χ0n) is 10.8. The van der Waals surface area contributed by atoms with Crippen molar-refractivity contribution in [1.29, 1.82) is 0 Å². The van der Waals surface area contributed by atoms with Crippen LogP contribution in [-0.4, -0.2) is 18.6 Å². The summed E-state index contributed by atoms with van der Waals surface area (Å²) in [7, 11) is 0. The predicted octanol–water partition coefficient (Wildman–Crippen LogP) is 4.28. The highest BCUT2D eigenvalue weighted by Crippen LogP contribution is 2.32. The van der Waals surface area contributed by atoms with Crippen LogP contribution in [0.2, 0.25) is 10.0 Å². The summed E-state index contributed by atoms with van der Waals surface area (Å²) in [4.78, 5) is 11.8. The summed E-state index contributed by atoms with van der Waals surface area (Å²) in [6, 6.07) is 1.74. The number of ether oxygens (including phenoxy) is 1. The first-order valence-corrected chi connectivity index (χ1v) is 6.82. The molecule has 1 aromatic rings. The van der Waals surface area contributed by atoms with Crippen LogP contribution < -0.4 is 5.32 Å². The number of hydrogen-bond donors (Lipinski definition) is 1. The molecule has 0 heterocycles. The number of anilines is 1. The lowest BCUT2D eigenvalue weighted by Crippen LogP contribution is -2.31. The van der Waals surface area contributed by atoms with Crippen LogP contribution in [0.15, 0.2) is 12.1 Å². The van der Waals surface area contributed by atoms with Gasteiger partial charge in [0.2, 0.25) is 0 Å². The molecule has 106 valence electrons. The SMILES string of the molecule is CCCC(Nc1c(Cl)cc(F)cc1Cl)C(=O)OCC. The molecule has 3 nitrogen and oxygen atoms in total. The second kappa shape index (κ2) is 7.56. The Morgan fingerprint density at radius 1 is 1.37 bits per heavy atom. The molecule has 0 aliphatic carbocycles. The largest absolute Gasteiger partial charge is 0.464 e. The quantitative estimate of drug-likeness (QED) is 0.797. The molecule has 0 aliphatic heterocycles. The second-order valence-electron chi connectivity index (χ2n) is 3.98. The van der Waals surface area contributed by atoms with Crippen molar-refractivity contribution in [2.24, 2.45) is 0 Å². The van der Waals surface area contributed by atoms with E-state index in [1.807, 2.05) is 6.92 Å². The average molecular weight is 308 g/mol. The maximum atomic E-state index is 13.1. The highest BCUT2D eigenvalue weighted by Gasteiger charge is 2.21. The number of esters is 1. The van der Waals surface area contributed by atoms with Crippen LogP contribution >= 0.6 is 23.2 Å². The van der Waals surface area contributed by atoms with Crippen LogP contribution in [0, 0.1) is 5.82 Å². The van der Waals surface area contributed by atoms with Gasteiger partial charge < -0.3 is 10.1 Å². The Kier molecular flexibility index (Phi) is 6.38. The van der Waals surface area contributed by atoms with E-state index in [9.17, 15) is 9.18 Å². The third-order valence-electron chi connectivity index (χ3n) is 2.47. The summed E-state index contributed by atoms with van der Waals surface area (Å²) >= 11 is 11.8. The predicted molar refractivity (Wildman–Crippen MR) is 75.4 cm³/mol. The van der Waals surface area contributed by atoms with Gasteiger partial charge in [-0.1, -0.05) is 36.5 Å². The van der Waals surface area contributed by atoms with Gasteiger partial charge in [0, 0.05) is 0 Å². The molecule has 1 atom stereocenters. The van der Waals surface area contributed by atoms with E-state index in [2.05, 4.69) is 5.32 Å². The molecule has 1 unspecified atom stereocenters. The lowest BCUT2D eigenvalue weighted by Gasteiger charge is -2.19. The number of carbonyl (C=O) groups is 1. The summed E-state index contributed by atoms with van der Waals surface area (Å²) in [6.45, 7) is 3.98. The number of hydrogen-bond acceptors (Lipinski definition) is 3. The number of benzene rings is 1. The topological polar surface area (TPSA) is 38.3 Å². The van der Waals surface area contributed by atoms with Crippen molar-refractivity contribution in [2.75, 3.05) is 11.9 Å². The summed E-state index contributed by atoms with van der Waals surface area (Å²) < 4.78 is 18.1. The minimum atomic E-state index is -0.551. The van der Waals surface area contributed by atoms with Gasteiger partial charge in [-0.2, -0.15) is 0 Å². The summed E-state index contributed by atoms with van der Waals surface area (Å²) in [5.74, 6) is -0.899. The molecule has 0 aliphatic rings. The molecule has 1 aromatic carbocycles. The van der Waals surface area contributed by atoms with Crippen molar-refractivity contribution in [1.82, 2.24) is 0 Å². The average Bonchev–Trinajstić information content (AvgIpc) is 2.32. The molecule has 19 heavy (non-hydrogen) atoms. The van der Waals surface area contributed by atoms with Crippen LogP contribution in [0.1, 0.15) is 26.7 Å². The van der Waals surface area contributed by atoms with Crippen LogP contribution in [0.5, 0.6) is 0 Å². The molecule has 0 bridgehead atoms. The number of halogens is 3. The Hall–Kier alpha value is -1.00. The van der Waals surface area contributed by atoms with E-state index < -0.39 is 11.9 Å². The Morgan fingerprint density at radius 2 is 1.95 bits per heavy atom. The first-order valence-electron chi connectivity index (χ1n) is 6.07. The molecule has 0 aromatic heterocycles. The Morgan fingerprint density at radius 3 is 2.42 bits per heavy atom. The molecule has 0 spiro atoms. The van der Waals surface area contributed by atoms with Gasteiger partial charge in [-0.15, -0.1) is 0 Å². The third kappa shape index (κ3) is 4.55. The van der Waals surface area contributed by atoms with Crippen LogP contribution in [-0.2, 0) is 9.53 Å². The van der Waals surface area contributed by atoms with E-state index in [0.29, 0.717) is 18.7 Å². The molecule has 1 rings (SSSR count). The molecular formula is C13H16Cl2FNO2. The number of nitrogens with one attached hydrogen (secondary N) is 1. The smallest absolute Gasteiger partial charge is 0.328 e. The van der Waals surface area contributed by atoms with Gasteiger partial charge in [-0.3, -0.25) is 0 Å². The molecule has 0 saturated carbocycles. The van der Waals surface area contributed by atoms with E-state index in [1.165, 1.54) is 0 Å². The van der Waals surface area contributed by atoms with Gasteiger partial charge in [0.15, 0.2) is 0 Å². The standard InChI is InChI=1S/C13H16Cl2FNO2/c1-3-5-11(13(18)19-4-2)17-12-9(14)6-8(16)7-10(12)15/h6-7,11,17H,3-5H2,1-2H3.